The zero-order chi connectivity index (χ0) is 15.2. The lowest BCUT2D eigenvalue weighted by molar-refractivity contribution is 0.0951. The summed E-state index contributed by atoms with van der Waals surface area (Å²) in [4.78, 5) is 19.5. The predicted octanol–water partition coefficient (Wildman–Crippen LogP) is 1.45. The van der Waals surface area contributed by atoms with Crippen LogP contribution in [0, 0.1) is 0 Å². The van der Waals surface area contributed by atoms with E-state index >= 15 is 0 Å². The van der Waals surface area contributed by atoms with E-state index in [1.807, 2.05) is 30.3 Å². The van der Waals surface area contributed by atoms with Crippen molar-refractivity contribution in [2.24, 2.45) is 0 Å². The number of benzene rings is 1. The third kappa shape index (κ3) is 3.91. The molecule has 0 bridgehead atoms. The Morgan fingerprint density at radius 1 is 1.27 bits per heavy atom. The van der Waals surface area contributed by atoms with Gasteiger partial charge in [0.05, 0.1) is 6.20 Å². The van der Waals surface area contributed by atoms with E-state index in [2.05, 4.69) is 20.5 Å². The smallest absolute Gasteiger partial charge is 0.263 e. The van der Waals surface area contributed by atoms with Crippen LogP contribution in [0.3, 0.4) is 0 Å². The Hall–Kier alpha value is -1.76. The van der Waals surface area contributed by atoms with Gasteiger partial charge in [0, 0.05) is 44.8 Å². The number of piperazine rings is 1. The molecule has 116 valence electrons. The van der Waals surface area contributed by atoms with Gasteiger partial charge >= 0.3 is 0 Å². The van der Waals surface area contributed by atoms with Crippen LogP contribution in [-0.4, -0.2) is 55.1 Å². The number of carbonyl (C=O) groups excluding carboxylic acids is 1. The third-order valence-corrected chi connectivity index (χ3v) is 4.72. The summed E-state index contributed by atoms with van der Waals surface area (Å²) in [6, 6.07) is 9.94. The Bertz CT molecular complexity index is 608. The number of nitrogens with one attached hydrogen (secondary N) is 2. The topological polar surface area (TPSA) is 57.3 Å². The molecular formula is C16H20N4OS. The second kappa shape index (κ2) is 7.49. The van der Waals surface area contributed by atoms with Gasteiger partial charge in [-0.15, -0.1) is 11.3 Å². The standard InChI is InChI=1S/C16H20N4OS/c21-15(18-8-11-20-9-6-17-7-10-20)14-12-19-16(22-14)13-4-2-1-3-5-13/h1-5,12,17H,6-11H2,(H,18,21). The Balaban J connectivity index is 1.51. The average Bonchev–Trinajstić information content (AvgIpc) is 3.07. The fourth-order valence-electron chi connectivity index (χ4n) is 2.44. The normalized spacial score (nSPS) is 15.6. The minimum atomic E-state index is -0.0326. The van der Waals surface area contributed by atoms with E-state index in [0.29, 0.717) is 11.4 Å². The van der Waals surface area contributed by atoms with Gasteiger partial charge in [-0.3, -0.25) is 9.69 Å². The van der Waals surface area contributed by atoms with E-state index in [1.165, 1.54) is 11.3 Å². The van der Waals surface area contributed by atoms with Crippen molar-refractivity contribution in [1.29, 1.82) is 0 Å². The lowest BCUT2D eigenvalue weighted by Gasteiger charge is -2.26. The van der Waals surface area contributed by atoms with Gasteiger partial charge in [0.25, 0.3) is 5.91 Å². The van der Waals surface area contributed by atoms with Gasteiger partial charge in [0.2, 0.25) is 0 Å². The molecule has 0 aliphatic carbocycles. The molecule has 0 spiro atoms. The van der Waals surface area contributed by atoms with Crippen LogP contribution in [-0.2, 0) is 0 Å². The number of hydrogen-bond donors (Lipinski definition) is 2. The average molecular weight is 316 g/mol. The van der Waals surface area contributed by atoms with Gasteiger partial charge in [-0.2, -0.15) is 0 Å². The zero-order valence-electron chi connectivity index (χ0n) is 12.4. The molecule has 1 aromatic carbocycles. The predicted molar refractivity (Wildman–Crippen MR) is 89.2 cm³/mol. The molecule has 1 aliphatic rings. The summed E-state index contributed by atoms with van der Waals surface area (Å²) < 4.78 is 0. The third-order valence-electron chi connectivity index (χ3n) is 3.67. The van der Waals surface area contributed by atoms with Gasteiger partial charge in [-0.05, 0) is 0 Å². The van der Waals surface area contributed by atoms with Gasteiger partial charge in [0.15, 0.2) is 0 Å². The summed E-state index contributed by atoms with van der Waals surface area (Å²) in [6.45, 7) is 5.74. The quantitative estimate of drug-likeness (QED) is 0.876. The van der Waals surface area contributed by atoms with Gasteiger partial charge < -0.3 is 10.6 Å². The fraction of sp³-hybridized carbons (Fsp3) is 0.375. The van der Waals surface area contributed by atoms with E-state index in [-0.39, 0.29) is 5.91 Å². The molecule has 1 fully saturated rings. The van der Waals surface area contributed by atoms with Crippen LogP contribution in [0.5, 0.6) is 0 Å². The highest BCUT2D eigenvalue weighted by atomic mass is 32.1. The monoisotopic (exact) mass is 316 g/mol. The first-order chi connectivity index (χ1) is 10.8. The fourth-order valence-corrected chi connectivity index (χ4v) is 3.28. The molecule has 5 nitrogen and oxygen atoms in total. The lowest BCUT2D eigenvalue weighted by Crippen LogP contribution is -2.46. The van der Waals surface area contributed by atoms with Crippen molar-refractivity contribution < 1.29 is 4.79 Å². The van der Waals surface area contributed by atoms with E-state index < -0.39 is 0 Å². The molecule has 1 aliphatic heterocycles. The largest absolute Gasteiger partial charge is 0.350 e. The second-order valence-electron chi connectivity index (χ2n) is 5.24. The maximum Gasteiger partial charge on any atom is 0.263 e. The Kier molecular flexibility index (Phi) is 5.15. The minimum Gasteiger partial charge on any atom is -0.350 e. The van der Waals surface area contributed by atoms with E-state index in [4.69, 9.17) is 0 Å². The highest BCUT2D eigenvalue weighted by molar-refractivity contribution is 7.16. The van der Waals surface area contributed by atoms with Crippen LogP contribution >= 0.6 is 11.3 Å². The highest BCUT2D eigenvalue weighted by Crippen LogP contribution is 2.24. The van der Waals surface area contributed by atoms with Crippen LogP contribution in [0.1, 0.15) is 9.67 Å². The summed E-state index contributed by atoms with van der Waals surface area (Å²) >= 11 is 1.43. The summed E-state index contributed by atoms with van der Waals surface area (Å²) in [5.41, 5.74) is 1.05. The minimum absolute atomic E-state index is 0.0326. The van der Waals surface area contributed by atoms with Crippen LogP contribution in [0.2, 0.25) is 0 Å². The molecular weight excluding hydrogens is 296 g/mol. The zero-order valence-corrected chi connectivity index (χ0v) is 13.2. The molecule has 2 N–H and O–H groups in total. The SMILES string of the molecule is O=C(NCCN1CCNCC1)c1cnc(-c2ccccc2)s1. The molecule has 1 amide bonds. The molecule has 6 heteroatoms. The van der Waals surface area contributed by atoms with Gasteiger partial charge in [-0.1, -0.05) is 30.3 Å². The summed E-state index contributed by atoms with van der Waals surface area (Å²) in [6.07, 6.45) is 1.66. The van der Waals surface area contributed by atoms with Crippen molar-refractivity contribution in [3.05, 3.63) is 41.4 Å². The van der Waals surface area contributed by atoms with Crippen molar-refractivity contribution in [3.8, 4) is 10.6 Å². The van der Waals surface area contributed by atoms with E-state index in [9.17, 15) is 4.79 Å². The molecule has 1 saturated heterocycles. The number of aromatic nitrogens is 1. The number of amides is 1. The summed E-state index contributed by atoms with van der Waals surface area (Å²) in [5, 5.41) is 7.19. The number of nitrogens with zero attached hydrogens (tertiary/aromatic N) is 2. The second-order valence-corrected chi connectivity index (χ2v) is 6.27. The lowest BCUT2D eigenvalue weighted by atomic mass is 10.2. The molecule has 2 aromatic rings. The van der Waals surface area contributed by atoms with E-state index in [0.717, 1.165) is 43.3 Å². The Morgan fingerprint density at radius 3 is 2.82 bits per heavy atom. The summed E-state index contributed by atoms with van der Waals surface area (Å²) in [7, 11) is 0. The molecule has 0 unspecified atom stereocenters. The molecule has 22 heavy (non-hydrogen) atoms. The number of carbonyl (C=O) groups is 1. The Labute approximate surface area is 134 Å². The number of hydrogen-bond acceptors (Lipinski definition) is 5. The maximum absolute atomic E-state index is 12.2. The number of rotatable bonds is 5. The van der Waals surface area contributed by atoms with Crippen LogP contribution < -0.4 is 10.6 Å². The van der Waals surface area contributed by atoms with Crippen molar-refractivity contribution in [2.45, 2.75) is 0 Å². The van der Waals surface area contributed by atoms with Crippen LogP contribution in [0.4, 0.5) is 0 Å². The molecule has 0 radical (unpaired) electrons. The molecule has 3 rings (SSSR count). The molecule has 2 heterocycles. The first-order valence-electron chi connectivity index (χ1n) is 7.55. The van der Waals surface area contributed by atoms with Crippen LogP contribution in [0.25, 0.3) is 10.6 Å². The molecule has 1 aromatic heterocycles. The van der Waals surface area contributed by atoms with Crippen molar-refractivity contribution >= 4 is 17.2 Å². The summed E-state index contributed by atoms with van der Waals surface area (Å²) in [5.74, 6) is -0.0326. The maximum atomic E-state index is 12.2. The first-order valence-corrected chi connectivity index (χ1v) is 8.37. The van der Waals surface area contributed by atoms with Crippen molar-refractivity contribution in [3.63, 3.8) is 0 Å². The highest BCUT2D eigenvalue weighted by Gasteiger charge is 2.13. The molecule has 0 atom stereocenters. The first kappa shape index (κ1) is 15.1. The van der Waals surface area contributed by atoms with E-state index in [1.54, 1.807) is 6.20 Å². The number of thiazole rings is 1. The van der Waals surface area contributed by atoms with Gasteiger partial charge in [-0.25, -0.2) is 4.98 Å². The van der Waals surface area contributed by atoms with Crippen molar-refractivity contribution in [2.75, 3.05) is 39.3 Å². The molecule has 0 saturated carbocycles. The van der Waals surface area contributed by atoms with Crippen LogP contribution in [0.15, 0.2) is 36.5 Å². The van der Waals surface area contributed by atoms with Crippen molar-refractivity contribution in [1.82, 2.24) is 20.5 Å². The van der Waals surface area contributed by atoms with Gasteiger partial charge in [0.1, 0.15) is 9.88 Å². The Morgan fingerprint density at radius 2 is 2.05 bits per heavy atom.